The second-order valence-corrected chi connectivity index (χ2v) is 5.26. The van der Waals surface area contributed by atoms with E-state index >= 15 is 0 Å². The van der Waals surface area contributed by atoms with Crippen molar-refractivity contribution in [2.75, 3.05) is 19.6 Å². The van der Waals surface area contributed by atoms with Crippen LogP contribution >= 0.6 is 23.2 Å². The number of halogens is 2. The molecule has 6 heteroatoms. The zero-order chi connectivity index (χ0) is 13.8. The fourth-order valence-electron chi connectivity index (χ4n) is 2.14. The Morgan fingerprint density at radius 2 is 2.26 bits per heavy atom. The summed E-state index contributed by atoms with van der Waals surface area (Å²) in [5.41, 5.74) is 5.37. The monoisotopic (exact) mass is 302 g/mol. The average molecular weight is 303 g/mol. The Morgan fingerprint density at radius 1 is 1.47 bits per heavy atom. The minimum Gasteiger partial charge on any atom is -0.487 e. The van der Waals surface area contributed by atoms with Crippen molar-refractivity contribution in [3.05, 3.63) is 28.2 Å². The third kappa shape index (κ3) is 3.53. The van der Waals surface area contributed by atoms with Crippen LogP contribution in [0.15, 0.2) is 18.2 Å². The number of carbonyl (C=O) groups is 1. The Labute approximate surface area is 122 Å². The lowest BCUT2D eigenvalue weighted by Gasteiger charge is -2.32. The van der Waals surface area contributed by atoms with Crippen LogP contribution in [0.1, 0.15) is 12.8 Å². The van der Waals surface area contributed by atoms with E-state index in [1.807, 2.05) is 0 Å². The highest BCUT2D eigenvalue weighted by atomic mass is 35.5. The second kappa shape index (κ2) is 6.46. The molecule has 1 unspecified atom stereocenters. The Hall–Kier alpha value is -0.970. The van der Waals surface area contributed by atoms with Crippen molar-refractivity contribution >= 4 is 29.1 Å². The highest BCUT2D eigenvalue weighted by Gasteiger charge is 2.24. The molecule has 0 spiro atoms. The number of carbonyl (C=O) groups excluding carboxylic acids is 1. The van der Waals surface area contributed by atoms with Gasteiger partial charge < -0.3 is 15.4 Å². The van der Waals surface area contributed by atoms with Gasteiger partial charge in [-0.3, -0.25) is 4.79 Å². The van der Waals surface area contributed by atoms with Gasteiger partial charge >= 0.3 is 0 Å². The molecular weight excluding hydrogens is 287 g/mol. The molecule has 0 aliphatic carbocycles. The Balaban J connectivity index is 2.03. The maximum Gasteiger partial charge on any atom is 0.236 e. The first kappa shape index (κ1) is 14.4. The zero-order valence-corrected chi connectivity index (χ0v) is 12.0. The van der Waals surface area contributed by atoms with Crippen molar-refractivity contribution in [1.29, 1.82) is 0 Å². The lowest BCUT2D eigenvalue weighted by Crippen LogP contribution is -2.46. The number of benzene rings is 1. The molecule has 1 saturated heterocycles. The molecule has 104 valence electrons. The maximum atomic E-state index is 11.6. The van der Waals surface area contributed by atoms with Crippen molar-refractivity contribution in [3.8, 4) is 5.75 Å². The van der Waals surface area contributed by atoms with Crippen LogP contribution in [-0.2, 0) is 4.79 Å². The largest absolute Gasteiger partial charge is 0.487 e. The van der Waals surface area contributed by atoms with Crippen LogP contribution in [0.2, 0.25) is 10.0 Å². The molecule has 2 rings (SSSR count). The van der Waals surface area contributed by atoms with E-state index in [2.05, 4.69) is 0 Å². The molecular formula is C13H16Cl2N2O2. The van der Waals surface area contributed by atoms with Gasteiger partial charge in [0.1, 0.15) is 16.9 Å². The van der Waals surface area contributed by atoms with Gasteiger partial charge in [-0.2, -0.15) is 0 Å². The minimum absolute atomic E-state index is 0.0324. The van der Waals surface area contributed by atoms with E-state index in [0.29, 0.717) is 22.3 Å². The lowest BCUT2D eigenvalue weighted by molar-refractivity contribution is -0.132. The smallest absolute Gasteiger partial charge is 0.236 e. The Morgan fingerprint density at radius 3 is 3.00 bits per heavy atom. The normalized spacial score (nSPS) is 19.3. The SMILES string of the molecule is NCC(=O)N1CCCC(Oc2cccc(Cl)c2Cl)C1. The third-order valence-corrected chi connectivity index (χ3v) is 3.92. The van der Waals surface area contributed by atoms with Gasteiger partial charge in [0, 0.05) is 6.54 Å². The second-order valence-electron chi connectivity index (χ2n) is 4.48. The van der Waals surface area contributed by atoms with Gasteiger partial charge in [0.25, 0.3) is 0 Å². The van der Waals surface area contributed by atoms with Crippen LogP contribution in [0.5, 0.6) is 5.75 Å². The first-order chi connectivity index (χ1) is 9.11. The van der Waals surface area contributed by atoms with Crippen LogP contribution in [-0.4, -0.2) is 36.5 Å². The molecule has 1 aromatic rings. The fraction of sp³-hybridized carbons (Fsp3) is 0.462. The predicted octanol–water partition coefficient (Wildman–Crippen LogP) is 2.32. The van der Waals surface area contributed by atoms with Crippen LogP contribution in [0, 0.1) is 0 Å². The molecule has 0 aromatic heterocycles. The first-order valence-electron chi connectivity index (χ1n) is 6.20. The van der Waals surface area contributed by atoms with E-state index < -0.39 is 0 Å². The van der Waals surface area contributed by atoms with E-state index in [1.165, 1.54) is 0 Å². The predicted molar refractivity (Wildman–Crippen MR) is 75.7 cm³/mol. The molecule has 1 heterocycles. The molecule has 1 aliphatic heterocycles. The van der Waals surface area contributed by atoms with Crippen molar-refractivity contribution in [3.63, 3.8) is 0 Å². The first-order valence-corrected chi connectivity index (χ1v) is 6.96. The lowest BCUT2D eigenvalue weighted by atomic mass is 10.1. The summed E-state index contributed by atoms with van der Waals surface area (Å²) in [5, 5.41) is 0.872. The third-order valence-electron chi connectivity index (χ3n) is 3.12. The number of rotatable bonds is 3. The van der Waals surface area contributed by atoms with Crippen molar-refractivity contribution in [2.24, 2.45) is 5.73 Å². The number of hydrogen-bond donors (Lipinski definition) is 1. The van der Waals surface area contributed by atoms with Crippen LogP contribution in [0.25, 0.3) is 0 Å². The number of amides is 1. The highest BCUT2D eigenvalue weighted by molar-refractivity contribution is 6.42. The molecule has 1 atom stereocenters. The number of piperidine rings is 1. The summed E-state index contributed by atoms with van der Waals surface area (Å²) >= 11 is 12.0. The zero-order valence-electron chi connectivity index (χ0n) is 10.4. The van der Waals surface area contributed by atoms with Gasteiger partial charge in [0.05, 0.1) is 18.1 Å². The van der Waals surface area contributed by atoms with Crippen molar-refractivity contribution < 1.29 is 9.53 Å². The molecule has 0 radical (unpaired) electrons. The molecule has 1 fully saturated rings. The van der Waals surface area contributed by atoms with E-state index in [1.54, 1.807) is 23.1 Å². The Bertz CT molecular complexity index is 468. The number of likely N-dealkylation sites (tertiary alicyclic amines) is 1. The molecule has 1 amide bonds. The summed E-state index contributed by atoms with van der Waals surface area (Å²) in [6.45, 7) is 1.31. The van der Waals surface area contributed by atoms with E-state index in [4.69, 9.17) is 33.7 Å². The van der Waals surface area contributed by atoms with Gasteiger partial charge in [-0.25, -0.2) is 0 Å². The van der Waals surface area contributed by atoms with E-state index in [-0.39, 0.29) is 18.6 Å². The molecule has 2 N–H and O–H groups in total. The number of hydrogen-bond acceptors (Lipinski definition) is 3. The molecule has 0 bridgehead atoms. The summed E-state index contributed by atoms with van der Waals surface area (Å²) in [6.07, 6.45) is 1.71. The Kier molecular flexibility index (Phi) is 4.91. The minimum atomic E-state index is -0.0692. The van der Waals surface area contributed by atoms with Crippen LogP contribution in [0.4, 0.5) is 0 Å². The highest BCUT2D eigenvalue weighted by Crippen LogP contribution is 2.33. The average Bonchev–Trinajstić information content (AvgIpc) is 2.43. The van der Waals surface area contributed by atoms with E-state index in [0.717, 1.165) is 19.4 Å². The van der Waals surface area contributed by atoms with Crippen LogP contribution < -0.4 is 10.5 Å². The standard InChI is InChI=1S/C13H16Cl2N2O2/c14-10-4-1-5-11(13(10)15)19-9-3-2-6-17(8-9)12(18)7-16/h1,4-5,9H,2-3,6-8,16H2. The summed E-state index contributed by atoms with van der Waals surface area (Å²) < 4.78 is 5.84. The van der Waals surface area contributed by atoms with Gasteiger partial charge in [-0.15, -0.1) is 0 Å². The van der Waals surface area contributed by atoms with Gasteiger partial charge in [0.2, 0.25) is 5.91 Å². The number of ether oxygens (including phenoxy) is 1. The van der Waals surface area contributed by atoms with Crippen molar-refractivity contribution in [1.82, 2.24) is 4.90 Å². The van der Waals surface area contributed by atoms with Gasteiger partial charge in [-0.05, 0) is 25.0 Å². The summed E-state index contributed by atoms with van der Waals surface area (Å²) in [6, 6.07) is 5.27. The maximum absolute atomic E-state index is 11.6. The molecule has 1 aromatic carbocycles. The van der Waals surface area contributed by atoms with Crippen molar-refractivity contribution in [2.45, 2.75) is 18.9 Å². The summed E-state index contributed by atoms with van der Waals surface area (Å²) in [4.78, 5) is 13.3. The molecule has 1 aliphatic rings. The van der Waals surface area contributed by atoms with E-state index in [9.17, 15) is 4.79 Å². The summed E-state index contributed by atoms with van der Waals surface area (Å²) in [7, 11) is 0. The van der Waals surface area contributed by atoms with Crippen LogP contribution in [0.3, 0.4) is 0 Å². The van der Waals surface area contributed by atoms with Gasteiger partial charge in [0.15, 0.2) is 0 Å². The molecule has 4 nitrogen and oxygen atoms in total. The number of nitrogens with two attached hydrogens (primary N) is 1. The van der Waals surface area contributed by atoms with Gasteiger partial charge in [-0.1, -0.05) is 29.3 Å². The number of nitrogens with zero attached hydrogens (tertiary/aromatic N) is 1. The summed E-state index contributed by atoms with van der Waals surface area (Å²) in [5.74, 6) is 0.506. The molecule has 0 saturated carbocycles. The fourth-order valence-corrected chi connectivity index (χ4v) is 2.48. The molecule has 19 heavy (non-hydrogen) atoms. The topological polar surface area (TPSA) is 55.6 Å². The quantitative estimate of drug-likeness (QED) is 0.932.